The van der Waals surface area contributed by atoms with Crippen molar-refractivity contribution in [2.24, 2.45) is 10.4 Å². The summed E-state index contributed by atoms with van der Waals surface area (Å²) in [7, 11) is 3.13. The number of hydrogen-bond donors (Lipinski definition) is 5. The molecule has 4 rings (SSSR count). The van der Waals surface area contributed by atoms with Crippen molar-refractivity contribution in [3.05, 3.63) is 63.4 Å². The lowest BCUT2D eigenvalue weighted by molar-refractivity contribution is -0.329. The van der Waals surface area contributed by atoms with Crippen LogP contribution in [0.2, 0.25) is 0 Å². The van der Waals surface area contributed by atoms with Gasteiger partial charge in [-0.3, -0.25) is 0 Å². The normalized spacial score (nSPS) is 32.7. The third-order valence-electron chi connectivity index (χ3n) is 7.18. The Morgan fingerprint density at radius 2 is 1.28 bits per heavy atom. The van der Waals surface area contributed by atoms with E-state index in [4.69, 9.17) is 28.4 Å². The topological polar surface area (TPSA) is 215 Å². The Balaban J connectivity index is 1.47. The summed E-state index contributed by atoms with van der Waals surface area (Å²) in [6, 6.07) is 8.87. The number of nitrogens with zero attached hydrogens (tertiary/aromatic N) is 2. The lowest BCUT2D eigenvalue weighted by Gasteiger charge is -2.45. The predicted octanol–water partition coefficient (Wildman–Crippen LogP) is 0.425. The fraction of sp³-hybridized carbons (Fsp3) is 0.500. The largest absolute Gasteiger partial charge is 0.497 e. The van der Waals surface area contributed by atoms with E-state index in [1.807, 2.05) is 24.3 Å². The summed E-state index contributed by atoms with van der Waals surface area (Å²) in [6.45, 7) is -1.44. The molecular formula is C28H34N2O13. The van der Waals surface area contributed by atoms with Gasteiger partial charge in [0.05, 0.1) is 27.4 Å². The Kier molecular flexibility index (Phi) is 11.1. The van der Waals surface area contributed by atoms with Crippen molar-refractivity contribution < 1.29 is 54.0 Å². The van der Waals surface area contributed by atoms with Crippen LogP contribution in [0.1, 0.15) is 11.1 Å². The van der Waals surface area contributed by atoms with Crippen LogP contribution < -0.4 is 14.2 Å². The Bertz CT molecular complexity index is 1220. The molecule has 234 valence electrons. The molecule has 0 saturated carbocycles. The van der Waals surface area contributed by atoms with Crippen molar-refractivity contribution in [3.8, 4) is 17.2 Å². The summed E-state index contributed by atoms with van der Waals surface area (Å²) in [5.41, 5.74) is 1.66. The van der Waals surface area contributed by atoms with Crippen LogP contribution in [0, 0.1) is 9.81 Å². The van der Waals surface area contributed by atoms with Crippen LogP contribution in [-0.4, -0.2) is 114 Å². The van der Waals surface area contributed by atoms with Gasteiger partial charge in [-0.15, -0.1) is 0 Å². The molecule has 43 heavy (non-hydrogen) atoms. The van der Waals surface area contributed by atoms with Crippen molar-refractivity contribution in [2.75, 3.05) is 27.4 Å². The van der Waals surface area contributed by atoms with Gasteiger partial charge in [-0.1, -0.05) is 34.6 Å². The number of aliphatic hydroxyl groups is 5. The summed E-state index contributed by atoms with van der Waals surface area (Å²) in [5, 5.41) is 56.7. The molecule has 2 aliphatic heterocycles. The smallest absolute Gasteiger partial charge is 0.229 e. The van der Waals surface area contributed by atoms with Crippen molar-refractivity contribution >= 4 is 12.2 Å². The molecule has 5 N–H and O–H groups in total. The Morgan fingerprint density at radius 3 is 1.84 bits per heavy atom. The van der Waals surface area contributed by atoms with Crippen LogP contribution in [0.15, 0.2) is 52.8 Å². The molecule has 2 aliphatic rings. The molecule has 0 spiro atoms. The number of benzene rings is 2. The van der Waals surface area contributed by atoms with E-state index in [0.717, 1.165) is 11.1 Å². The maximum absolute atomic E-state index is 11.5. The predicted molar refractivity (Wildman–Crippen MR) is 149 cm³/mol. The molecule has 2 heterocycles. The minimum absolute atomic E-state index is 0.270. The number of aliphatic hydroxyl groups excluding tert-OH is 5. The molecule has 0 bridgehead atoms. The number of hydrogen-bond acceptors (Lipinski definition) is 15. The number of nitroso groups, excluding NO2 is 2. The van der Waals surface area contributed by atoms with Crippen molar-refractivity contribution in [3.63, 3.8) is 0 Å². The summed E-state index contributed by atoms with van der Waals surface area (Å²) in [5.74, 6) is 1.55. The highest BCUT2D eigenvalue weighted by Crippen LogP contribution is 2.32. The molecule has 0 amide bonds. The van der Waals surface area contributed by atoms with Crippen LogP contribution in [0.3, 0.4) is 0 Å². The van der Waals surface area contributed by atoms with E-state index >= 15 is 0 Å². The second-order valence-corrected chi connectivity index (χ2v) is 9.88. The maximum Gasteiger partial charge on any atom is 0.229 e. The molecule has 0 aromatic heterocycles. The second kappa shape index (κ2) is 14.8. The first-order chi connectivity index (χ1) is 20.8. The lowest BCUT2D eigenvalue weighted by atomic mass is 9.94. The number of rotatable bonds is 12. The molecule has 2 saturated heterocycles. The van der Waals surface area contributed by atoms with Crippen LogP contribution in [0.25, 0.3) is 12.2 Å². The van der Waals surface area contributed by atoms with Crippen LogP contribution >= 0.6 is 0 Å². The van der Waals surface area contributed by atoms with Crippen molar-refractivity contribution in [1.82, 2.24) is 0 Å². The minimum atomic E-state index is -1.70. The van der Waals surface area contributed by atoms with Gasteiger partial charge < -0.3 is 54.0 Å². The van der Waals surface area contributed by atoms with E-state index in [1.165, 1.54) is 0 Å². The summed E-state index contributed by atoms with van der Waals surface area (Å²) in [6.07, 6.45) is -8.63. The van der Waals surface area contributed by atoms with E-state index in [0.29, 0.717) is 11.5 Å². The average molecular weight is 607 g/mol. The molecule has 2 fully saturated rings. The zero-order valence-electron chi connectivity index (χ0n) is 23.3. The van der Waals surface area contributed by atoms with Gasteiger partial charge in [-0.25, -0.2) is 0 Å². The average Bonchev–Trinajstić information content (AvgIpc) is 3.03. The van der Waals surface area contributed by atoms with Gasteiger partial charge in [0, 0.05) is 6.07 Å². The van der Waals surface area contributed by atoms with Gasteiger partial charge in [0.1, 0.15) is 53.9 Å². The van der Waals surface area contributed by atoms with Gasteiger partial charge >= 0.3 is 0 Å². The van der Waals surface area contributed by atoms with E-state index in [-0.39, 0.29) is 5.75 Å². The molecular weight excluding hydrogens is 572 g/mol. The van der Waals surface area contributed by atoms with Crippen LogP contribution in [-0.2, 0) is 14.2 Å². The molecule has 15 heteroatoms. The Labute approximate surface area is 246 Å². The van der Waals surface area contributed by atoms with Gasteiger partial charge in [-0.05, 0) is 35.4 Å². The first-order valence-electron chi connectivity index (χ1n) is 13.3. The van der Waals surface area contributed by atoms with Gasteiger partial charge in [0.2, 0.25) is 6.29 Å². The van der Waals surface area contributed by atoms with Crippen molar-refractivity contribution in [1.29, 1.82) is 0 Å². The third-order valence-corrected chi connectivity index (χ3v) is 7.18. The fourth-order valence-corrected chi connectivity index (χ4v) is 4.79. The number of methoxy groups -OCH3 is 2. The molecule has 10 unspecified atom stereocenters. The molecule has 2 aromatic rings. The number of ether oxygens (including phenoxy) is 6. The zero-order chi connectivity index (χ0) is 31.1. The van der Waals surface area contributed by atoms with Crippen LogP contribution in [0.5, 0.6) is 17.2 Å². The minimum Gasteiger partial charge on any atom is -0.497 e. The lowest BCUT2D eigenvalue weighted by Crippen LogP contribution is -2.64. The van der Waals surface area contributed by atoms with E-state index in [9.17, 15) is 35.3 Å². The van der Waals surface area contributed by atoms with Crippen LogP contribution in [0.4, 0.5) is 0 Å². The SMILES string of the molecule is COc1cc(/C=C/c2ccc(OC3OC(CO)C(O)C(OC4OC(CO)C(O)C(N=O)C4N=O)C3O)cc2)cc(OC)c1. The molecule has 15 nitrogen and oxygen atoms in total. The summed E-state index contributed by atoms with van der Waals surface area (Å²) in [4.78, 5) is 22.8. The monoisotopic (exact) mass is 606 g/mol. The summed E-state index contributed by atoms with van der Waals surface area (Å²) < 4.78 is 33.0. The quantitative estimate of drug-likeness (QED) is 0.164. The highest BCUT2D eigenvalue weighted by atomic mass is 16.7. The molecule has 0 radical (unpaired) electrons. The first kappa shape index (κ1) is 32.4. The first-order valence-corrected chi connectivity index (χ1v) is 13.3. The van der Waals surface area contributed by atoms with Gasteiger partial charge in [0.25, 0.3) is 0 Å². The van der Waals surface area contributed by atoms with E-state index < -0.39 is 74.5 Å². The molecule has 10 atom stereocenters. The van der Waals surface area contributed by atoms with E-state index in [2.05, 4.69) is 10.4 Å². The Hall–Kier alpha value is -3.54. The third kappa shape index (κ3) is 7.34. The maximum atomic E-state index is 11.5. The van der Waals surface area contributed by atoms with Crippen molar-refractivity contribution in [2.45, 2.75) is 61.3 Å². The molecule has 2 aromatic carbocycles. The fourth-order valence-electron chi connectivity index (χ4n) is 4.79. The summed E-state index contributed by atoms with van der Waals surface area (Å²) >= 11 is 0. The second-order valence-electron chi connectivity index (χ2n) is 9.88. The Morgan fingerprint density at radius 1 is 0.721 bits per heavy atom. The standard InChI is InChI=1S/C28H34N2O13/c1-38-17-9-15(10-18(11-17)39-2)4-3-14-5-7-16(8-6-14)40-28-25(35)26(24(34)20(13-32)42-28)43-27-22(30-37)21(29-36)23(33)19(12-31)41-27/h3-11,19-28,31-35H,12-13H2,1-2H3/b4-3+. The van der Waals surface area contributed by atoms with Gasteiger partial charge in [-0.2, -0.15) is 9.81 Å². The highest BCUT2D eigenvalue weighted by Gasteiger charge is 2.53. The molecule has 0 aliphatic carbocycles. The highest BCUT2D eigenvalue weighted by molar-refractivity contribution is 5.71. The van der Waals surface area contributed by atoms with Gasteiger partial charge in [0.15, 0.2) is 18.4 Å². The van der Waals surface area contributed by atoms with E-state index in [1.54, 1.807) is 44.6 Å². The zero-order valence-corrected chi connectivity index (χ0v) is 23.3.